The maximum atomic E-state index is 13.9. The molecule has 0 aromatic heterocycles. The van der Waals surface area contributed by atoms with E-state index in [1.54, 1.807) is 68.4 Å². The van der Waals surface area contributed by atoms with E-state index in [9.17, 15) is 18.0 Å². The molecule has 208 valence electrons. The van der Waals surface area contributed by atoms with E-state index in [1.165, 1.54) is 23.1 Å². The molecule has 0 spiro atoms. The van der Waals surface area contributed by atoms with Crippen LogP contribution >= 0.6 is 23.2 Å². The Morgan fingerprint density at radius 1 is 0.923 bits per heavy atom. The second-order valence-corrected chi connectivity index (χ2v) is 12.0. The molecule has 2 unspecified atom stereocenters. The van der Waals surface area contributed by atoms with Gasteiger partial charge in [0.05, 0.1) is 10.6 Å². The van der Waals surface area contributed by atoms with Crippen molar-refractivity contribution in [3.05, 3.63) is 94.0 Å². The highest BCUT2D eigenvalue weighted by Gasteiger charge is 2.33. The molecular formula is C29H33Cl2N3O4S. The fraction of sp³-hybridized carbons (Fsp3) is 0.310. The van der Waals surface area contributed by atoms with Gasteiger partial charge in [-0.05, 0) is 68.7 Å². The van der Waals surface area contributed by atoms with Crippen molar-refractivity contribution in [2.24, 2.45) is 0 Å². The molecule has 10 heteroatoms. The Balaban J connectivity index is 2.05. The zero-order valence-electron chi connectivity index (χ0n) is 22.4. The third kappa shape index (κ3) is 7.53. The lowest BCUT2D eigenvalue weighted by Crippen LogP contribution is -2.52. The molecule has 0 aliphatic heterocycles. The summed E-state index contributed by atoms with van der Waals surface area (Å²) in [5.74, 6) is -0.918. The predicted octanol–water partition coefficient (Wildman–Crippen LogP) is 5.83. The van der Waals surface area contributed by atoms with Gasteiger partial charge in [-0.1, -0.05) is 72.6 Å². The Hall–Kier alpha value is -3.07. The Kier molecular flexibility index (Phi) is 10.4. The van der Waals surface area contributed by atoms with E-state index in [1.807, 2.05) is 13.8 Å². The summed E-state index contributed by atoms with van der Waals surface area (Å²) in [6, 6.07) is 18.7. The summed E-state index contributed by atoms with van der Waals surface area (Å²) in [7, 11) is -4.16. The van der Waals surface area contributed by atoms with Crippen LogP contribution in [0.5, 0.6) is 0 Å². The highest BCUT2D eigenvalue weighted by Crippen LogP contribution is 2.29. The zero-order valence-corrected chi connectivity index (χ0v) is 24.7. The zero-order chi connectivity index (χ0) is 28.7. The van der Waals surface area contributed by atoms with Crippen molar-refractivity contribution in [1.82, 2.24) is 10.2 Å². The van der Waals surface area contributed by atoms with Crippen molar-refractivity contribution in [2.75, 3.05) is 10.8 Å². The first kappa shape index (κ1) is 30.5. The lowest BCUT2D eigenvalue weighted by Gasteiger charge is -2.32. The van der Waals surface area contributed by atoms with Crippen molar-refractivity contribution in [2.45, 2.75) is 57.6 Å². The highest BCUT2D eigenvalue weighted by molar-refractivity contribution is 7.92. The molecule has 3 aromatic rings. The summed E-state index contributed by atoms with van der Waals surface area (Å²) < 4.78 is 28.6. The van der Waals surface area contributed by atoms with Gasteiger partial charge >= 0.3 is 0 Å². The van der Waals surface area contributed by atoms with Gasteiger partial charge in [-0.25, -0.2) is 8.42 Å². The number of rotatable bonds is 11. The number of sulfonamides is 1. The molecule has 3 aromatic carbocycles. The number of halogens is 2. The van der Waals surface area contributed by atoms with E-state index >= 15 is 0 Å². The van der Waals surface area contributed by atoms with Gasteiger partial charge in [0.2, 0.25) is 11.8 Å². The van der Waals surface area contributed by atoms with Crippen molar-refractivity contribution >= 4 is 50.7 Å². The molecule has 7 nitrogen and oxygen atoms in total. The Bertz CT molecular complexity index is 1420. The van der Waals surface area contributed by atoms with Crippen molar-refractivity contribution < 1.29 is 18.0 Å². The third-order valence-corrected chi connectivity index (χ3v) is 9.08. The SMILES string of the molecule is CCC(C)NC(=O)C(C)N(Cc1ccccc1Cl)C(=O)CN(c1ccc(C)c(Cl)c1)S(=O)(=O)c1ccccc1. The molecule has 0 fully saturated rings. The van der Waals surface area contributed by atoms with Gasteiger partial charge in [-0.3, -0.25) is 13.9 Å². The number of carbonyl (C=O) groups is 2. The molecule has 39 heavy (non-hydrogen) atoms. The van der Waals surface area contributed by atoms with E-state index in [0.29, 0.717) is 22.0 Å². The third-order valence-electron chi connectivity index (χ3n) is 6.52. The number of anilines is 1. The van der Waals surface area contributed by atoms with Crippen molar-refractivity contribution in [3.63, 3.8) is 0 Å². The van der Waals surface area contributed by atoms with Crippen LogP contribution < -0.4 is 9.62 Å². The number of amides is 2. The maximum Gasteiger partial charge on any atom is 0.264 e. The van der Waals surface area contributed by atoms with Crippen LogP contribution in [-0.4, -0.2) is 43.8 Å². The number of benzene rings is 3. The molecule has 0 radical (unpaired) electrons. The van der Waals surface area contributed by atoms with Crippen molar-refractivity contribution in [1.29, 1.82) is 0 Å². The largest absolute Gasteiger partial charge is 0.352 e. The van der Waals surface area contributed by atoms with Crippen LogP contribution in [0.15, 0.2) is 77.7 Å². The van der Waals surface area contributed by atoms with E-state index in [-0.39, 0.29) is 29.1 Å². The quantitative estimate of drug-likeness (QED) is 0.305. The standard InChI is InChI=1S/C29H33Cl2N3O4S/c1-5-21(3)32-29(36)22(4)33(18-23-11-9-10-14-26(23)30)28(35)19-34(24-16-15-20(2)27(31)17-24)39(37,38)25-12-7-6-8-13-25/h6-17,21-22H,5,18-19H2,1-4H3,(H,32,36). The average Bonchev–Trinajstić information content (AvgIpc) is 2.92. The topological polar surface area (TPSA) is 86.8 Å². The lowest BCUT2D eigenvalue weighted by atomic mass is 10.1. The molecule has 1 N–H and O–H groups in total. The summed E-state index contributed by atoms with van der Waals surface area (Å²) in [4.78, 5) is 28.4. The predicted molar refractivity (Wildman–Crippen MR) is 157 cm³/mol. The minimum absolute atomic E-state index is 0.0154. The molecule has 0 saturated carbocycles. The van der Waals surface area contributed by atoms with Gasteiger partial charge in [0, 0.05) is 22.6 Å². The Morgan fingerprint density at radius 3 is 2.18 bits per heavy atom. The monoisotopic (exact) mass is 589 g/mol. The Morgan fingerprint density at radius 2 is 1.56 bits per heavy atom. The van der Waals surface area contributed by atoms with Crippen LogP contribution in [0.2, 0.25) is 10.0 Å². The molecule has 2 atom stereocenters. The average molecular weight is 591 g/mol. The molecule has 2 amide bonds. The van der Waals surface area contributed by atoms with Crippen LogP contribution in [0.4, 0.5) is 5.69 Å². The molecular weight excluding hydrogens is 557 g/mol. The minimum Gasteiger partial charge on any atom is -0.352 e. The fourth-order valence-electron chi connectivity index (χ4n) is 3.84. The highest BCUT2D eigenvalue weighted by atomic mass is 35.5. The number of carbonyl (C=O) groups excluding carboxylic acids is 2. The van der Waals surface area contributed by atoms with Gasteiger partial charge < -0.3 is 10.2 Å². The summed E-state index contributed by atoms with van der Waals surface area (Å²) in [5, 5.41) is 3.70. The normalized spacial score (nSPS) is 12.9. The summed E-state index contributed by atoms with van der Waals surface area (Å²) in [6.45, 7) is 6.70. The van der Waals surface area contributed by atoms with Crippen LogP contribution in [0.3, 0.4) is 0 Å². The molecule has 3 rings (SSSR count). The maximum absolute atomic E-state index is 13.9. The van der Waals surface area contributed by atoms with Gasteiger partial charge in [-0.15, -0.1) is 0 Å². The van der Waals surface area contributed by atoms with Crippen LogP contribution in [0.25, 0.3) is 0 Å². The molecule has 0 aliphatic carbocycles. The molecule has 0 saturated heterocycles. The molecule has 0 bridgehead atoms. The van der Waals surface area contributed by atoms with Gasteiger partial charge in [0.25, 0.3) is 10.0 Å². The van der Waals surface area contributed by atoms with E-state index in [0.717, 1.165) is 9.87 Å². The number of aryl methyl sites for hydroxylation is 1. The van der Waals surface area contributed by atoms with E-state index in [4.69, 9.17) is 23.2 Å². The smallest absolute Gasteiger partial charge is 0.264 e. The molecule has 0 heterocycles. The van der Waals surface area contributed by atoms with Crippen LogP contribution in [0.1, 0.15) is 38.3 Å². The van der Waals surface area contributed by atoms with E-state index < -0.39 is 28.5 Å². The Labute approximate surface area is 240 Å². The number of nitrogens with zero attached hydrogens (tertiary/aromatic N) is 2. The lowest BCUT2D eigenvalue weighted by molar-refractivity contribution is -0.139. The van der Waals surface area contributed by atoms with Gasteiger partial charge in [-0.2, -0.15) is 0 Å². The van der Waals surface area contributed by atoms with Gasteiger partial charge in [0.15, 0.2) is 0 Å². The number of hydrogen-bond donors (Lipinski definition) is 1. The second-order valence-electron chi connectivity index (χ2n) is 9.37. The summed E-state index contributed by atoms with van der Waals surface area (Å²) in [6.07, 6.45) is 0.716. The van der Waals surface area contributed by atoms with Crippen LogP contribution in [-0.2, 0) is 26.2 Å². The first-order chi connectivity index (χ1) is 18.4. The van der Waals surface area contributed by atoms with Crippen molar-refractivity contribution in [3.8, 4) is 0 Å². The fourth-order valence-corrected chi connectivity index (χ4v) is 5.64. The molecule has 0 aliphatic rings. The number of hydrogen-bond acceptors (Lipinski definition) is 4. The minimum atomic E-state index is -4.16. The second kappa shape index (κ2) is 13.3. The van der Waals surface area contributed by atoms with Gasteiger partial charge in [0.1, 0.15) is 12.6 Å². The first-order valence-electron chi connectivity index (χ1n) is 12.6. The summed E-state index contributed by atoms with van der Waals surface area (Å²) >= 11 is 12.7. The van der Waals surface area contributed by atoms with E-state index in [2.05, 4.69) is 5.32 Å². The number of nitrogens with one attached hydrogen (secondary N) is 1. The van der Waals surface area contributed by atoms with Crippen LogP contribution in [0, 0.1) is 6.92 Å². The first-order valence-corrected chi connectivity index (χ1v) is 14.8. The summed E-state index contributed by atoms with van der Waals surface area (Å²) in [5.41, 5.74) is 1.63.